The van der Waals surface area contributed by atoms with Gasteiger partial charge < -0.3 is 10.6 Å². The number of rotatable bonds is 4. The number of aromatic nitrogens is 1. The summed E-state index contributed by atoms with van der Waals surface area (Å²) in [6, 6.07) is 5.84. The van der Waals surface area contributed by atoms with E-state index in [1.54, 1.807) is 6.20 Å². The number of pyridine rings is 1. The van der Waals surface area contributed by atoms with E-state index in [9.17, 15) is 4.79 Å². The Bertz CT molecular complexity index is 333. The Hall–Kier alpha value is -1.42. The van der Waals surface area contributed by atoms with Gasteiger partial charge in [0.05, 0.1) is 6.04 Å². The zero-order valence-corrected chi connectivity index (χ0v) is 9.28. The number of hydrogen-bond acceptors (Lipinski definition) is 3. The molecule has 4 nitrogen and oxygen atoms in total. The Morgan fingerprint density at radius 1 is 1.56 bits per heavy atom. The third kappa shape index (κ3) is 3.03. The first-order chi connectivity index (χ1) is 7.86. The van der Waals surface area contributed by atoms with Gasteiger partial charge in [0.1, 0.15) is 0 Å². The van der Waals surface area contributed by atoms with Gasteiger partial charge in [0, 0.05) is 24.9 Å². The molecule has 4 heteroatoms. The summed E-state index contributed by atoms with van der Waals surface area (Å²) in [6.45, 7) is 1.62. The Kier molecular flexibility index (Phi) is 3.88. The fraction of sp³-hybridized carbons (Fsp3) is 0.500. The van der Waals surface area contributed by atoms with Gasteiger partial charge in [0.25, 0.3) is 0 Å². The number of carbonyl (C=O) groups is 1. The lowest BCUT2D eigenvalue weighted by Gasteiger charge is -2.10. The molecule has 0 radical (unpaired) electrons. The van der Waals surface area contributed by atoms with Gasteiger partial charge in [0.2, 0.25) is 5.91 Å². The summed E-state index contributed by atoms with van der Waals surface area (Å²) < 4.78 is 0. The molecule has 0 aliphatic carbocycles. The maximum atomic E-state index is 11.6. The van der Waals surface area contributed by atoms with Gasteiger partial charge in [-0.25, -0.2) is 0 Å². The highest BCUT2D eigenvalue weighted by Gasteiger charge is 2.21. The SMILES string of the molecule is O=C(NCCc1ccccn1)[C@H]1CCCN1. The molecule has 1 atom stereocenters. The number of nitrogens with one attached hydrogen (secondary N) is 2. The number of amides is 1. The molecule has 0 spiro atoms. The molecule has 2 rings (SSSR count). The van der Waals surface area contributed by atoms with Crippen LogP contribution >= 0.6 is 0 Å². The predicted octanol–water partition coefficient (Wildman–Crippen LogP) is 0.492. The molecule has 16 heavy (non-hydrogen) atoms. The summed E-state index contributed by atoms with van der Waals surface area (Å²) in [6.07, 6.45) is 4.61. The minimum atomic E-state index is 0.0173. The summed E-state index contributed by atoms with van der Waals surface area (Å²) in [5.74, 6) is 0.119. The van der Waals surface area contributed by atoms with Crippen molar-refractivity contribution in [2.24, 2.45) is 0 Å². The zero-order valence-electron chi connectivity index (χ0n) is 9.28. The molecule has 0 unspecified atom stereocenters. The van der Waals surface area contributed by atoms with Crippen LogP contribution in [-0.4, -0.2) is 30.0 Å². The van der Waals surface area contributed by atoms with Gasteiger partial charge in [-0.2, -0.15) is 0 Å². The summed E-state index contributed by atoms with van der Waals surface area (Å²) in [5, 5.41) is 6.11. The van der Waals surface area contributed by atoms with Gasteiger partial charge in [0.15, 0.2) is 0 Å². The number of carbonyl (C=O) groups excluding carboxylic acids is 1. The topological polar surface area (TPSA) is 54.0 Å². The van der Waals surface area contributed by atoms with Gasteiger partial charge in [-0.1, -0.05) is 6.07 Å². The van der Waals surface area contributed by atoms with Crippen molar-refractivity contribution >= 4 is 5.91 Å². The molecule has 1 aromatic heterocycles. The van der Waals surface area contributed by atoms with E-state index in [4.69, 9.17) is 0 Å². The van der Waals surface area contributed by atoms with Crippen molar-refractivity contribution in [2.45, 2.75) is 25.3 Å². The maximum absolute atomic E-state index is 11.6. The summed E-state index contributed by atoms with van der Waals surface area (Å²) in [7, 11) is 0. The Balaban J connectivity index is 1.70. The average molecular weight is 219 g/mol. The van der Waals surface area contributed by atoms with E-state index in [0.717, 1.165) is 31.5 Å². The van der Waals surface area contributed by atoms with Crippen LogP contribution in [0.4, 0.5) is 0 Å². The van der Waals surface area contributed by atoms with Crippen molar-refractivity contribution in [3.63, 3.8) is 0 Å². The van der Waals surface area contributed by atoms with Crippen LogP contribution in [0.2, 0.25) is 0 Å². The molecule has 1 saturated heterocycles. The molecule has 0 aromatic carbocycles. The number of hydrogen-bond donors (Lipinski definition) is 2. The van der Waals surface area contributed by atoms with Gasteiger partial charge in [-0.3, -0.25) is 9.78 Å². The fourth-order valence-corrected chi connectivity index (χ4v) is 1.89. The van der Waals surface area contributed by atoms with Crippen LogP contribution in [-0.2, 0) is 11.2 Å². The monoisotopic (exact) mass is 219 g/mol. The van der Waals surface area contributed by atoms with E-state index in [1.165, 1.54) is 0 Å². The van der Waals surface area contributed by atoms with E-state index >= 15 is 0 Å². The predicted molar refractivity (Wildman–Crippen MR) is 62.0 cm³/mol. The first kappa shape index (κ1) is 11.1. The highest BCUT2D eigenvalue weighted by Crippen LogP contribution is 2.04. The minimum Gasteiger partial charge on any atom is -0.354 e. The largest absolute Gasteiger partial charge is 0.354 e. The van der Waals surface area contributed by atoms with Crippen LogP contribution < -0.4 is 10.6 Å². The molecule has 0 saturated carbocycles. The van der Waals surface area contributed by atoms with Gasteiger partial charge in [-0.15, -0.1) is 0 Å². The first-order valence-electron chi connectivity index (χ1n) is 5.77. The highest BCUT2D eigenvalue weighted by molar-refractivity contribution is 5.81. The molecule has 1 aliphatic heterocycles. The Morgan fingerprint density at radius 3 is 3.19 bits per heavy atom. The highest BCUT2D eigenvalue weighted by atomic mass is 16.2. The summed E-state index contributed by atoms with van der Waals surface area (Å²) >= 11 is 0. The lowest BCUT2D eigenvalue weighted by molar-refractivity contribution is -0.122. The summed E-state index contributed by atoms with van der Waals surface area (Å²) in [5.41, 5.74) is 1.02. The Morgan fingerprint density at radius 2 is 2.50 bits per heavy atom. The lowest BCUT2D eigenvalue weighted by atomic mass is 10.2. The molecule has 1 fully saturated rings. The Labute approximate surface area is 95.5 Å². The van der Waals surface area contributed by atoms with E-state index in [2.05, 4.69) is 15.6 Å². The first-order valence-corrected chi connectivity index (χ1v) is 5.77. The van der Waals surface area contributed by atoms with E-state index in [-0.39, 0.29) is 11.9 Å². The number of nitrogens with zero attached hydrogens (tertiary/aromatic N) is 1. The van der Waals surface area contributed by atoms with Crippen molar-refractivity contribution in [1.29, 1.82) is 0 Å². The second kappa shape index (κ2) is 5.61. The quantitative estimate of drug-likeness (QED) is 0.775. The molecule has 1 amide bonds. The standard InChI is InChI=1S/C12H17N3O/c16-12(11-5-3-8-14-11)15-9-6-10-4-1-2-7-13-10/h1-2,4,7,11,14H,3,5-6,8-9H2,(H,15,16)/t11-/m1/s1. The smallest absolute Gasteiger partial charge is 0.237 e. The van der Waals surface area contributed by atoms with Crippen LogP contribution in [0.1, 0.15) is 18.5 Å². The third-order valence-corrected chi connectivity index (χ3v) is 2.78. The van der Waals surface area contributed by atoms with E-state index < -0.39 is 0 Å². The maximum Gasteiger partial charge on any atom is 0.237 e. The zero-order chi connectivity index (χ0) is 11.2. The van der Waals surface area contributed by atoms with Crippen molar-refractivity contribution in [3.05, 3.63) is 30.1 Å². The van der Waals surface area contributed by atoms with Crippen LogP contribution in [0.3, 0.4) is 0 Å². The van der Waals surface area contributed by atoms with E-state index in [0.29, 0.717) is 6.54 Å². The molecular formula is C12H17N3O. The summed E-state index contributed by atoms with van der Waals surface area (Å²) in [4.78, 5) is 15.8. The molecule has 86 valence electrons. The second-order valence-corrected chi connectivity index (χ2v) is 4.01. The molecule has 1 aliphatic rings. The third-order valence-electron chi connectivity index (χ3n) is 2.78. The minimum absolute atomic E-state index is 0.0173. The van der Waals surface area contributed by atoms with Crippen LogP contribution in [0.15, 0.2) is 24.4 Å². The van der Waals surface area contributed by atoms with Crippen molar-refractivity contribution in [1.82, 2.24) is 15.6 Å². The molecule has 2 heterocycles. The van der Waals surface area contributed by atoms with Crippen molar-refractivity contribution in [3.8, 4) is 0 Å². The average Bonchev–Trinajstić information content (AvgIpc) is 2.84. The van der Waals surface area contributed by atoms with Crippen LogP contribution in [0.25, 0.3) is 0 Å². The van der Waals surface area contributed by atoms with Gasteiger partial charge >= 0.3 is 0 Å². The van der Waals surface area contributed by atoms with E-state index in [1.807, 2.05) is 18.2 Å². The molecule has 2 N–H and O–H groups in total. The fourth-order valence-electron chi connectivity index (χ4n) is 1.89. The van der Waals surface area contributed by atoms with Crippen LogP contribution in [0, 0.1) is 0 Å². The van der Waals surface area contributed by atoms with Crippen LogP contribution in [0.5, 0.6) is 0 Å². The van der Waals surface area contributed by atoms with Gasteiger partial charge in [-0.05, 0) is 31.5 Å². The second-order valence-electron chi connectivity index (χ2n) is 4.01. The molecular weight excluding hydrogens is 202 g/mol. The lowest BCUT2D eigenvalue weighted by Crippen LogP contribution is -2.41. The molecule has 0 bridgehead atoms. The molecule has 1 aromatic rings. The van der Waals surface area contributed by atoms with Crippen molar-refractivity contribution < 1.29 is 4.79 Å². The van der Waals surface area contributed by atoms with Crippen molar-refractivity contribution in [2.75, 3.05) is 13.1 Å². The normalized spacial score (nSPS) is 19.6.